The second kappa shape index (κ2) is 9.90. The molecule has 0 unspecified atom stereocenters. The van der Waals surface area contributed by atoms with Crippen molar-refractivity contribution in [2.24, 2.45) is 0 Å². The van der Waals surface area contributed by atoms with Gasteiger partial charge in [-0.25, -0.2) is 9.07 Å². The second-order valence-electron chi connectivity index (χ2n) is 8.92. The van der Waals surface area contributed by atoms with Crippen LogP contribution in [0, 0.1) is 5.82 Å². The van der Waals surface area contributed by atoms with Crippen LogP contribution in [0.15, 0.2) is 91.0 Å². The molecule has 0 aliphatic rings. The third-order valence-electron chi connectivity index (χ3n) is 5.73. The maximum atomic E-state index is 14.9. The van der Waals surface area contributed by atoms with E-state index in [1.165, 1.54) is 17.4 Å². The van der Waals surface area contributed by atoms with Gasteiger partial charge in [0.25, 0.3) is 0 Å². The Kier molecular flexibility index (Phi) is 6.67. The number of hydrogen-bond donors (Lipinski definition) is 1. The maximum absolute atomic E-state index is 14.9. The van der Waals surface area contributed by atoms with E-state index in [0.717, 1.165) is 26.6 Å². The van der Waals surface area contributed by atoms with Crippen LogP contribution in [0.3, 0.4) is 0 Å². The zero-order chi connectivity index (χ0) is 25.3. The molecule has 0 saturated carbocycles. The molecule has 1 N–H and O–H groups in total. The van der Waals surface area contributed by atoms with Crippen molar-refractivity contribution < 1.29 is 14.2 Å². The lowest BCUT2D eigenvalue weighted by molar-refractivity contribution is 0.0734. The van der Waals surface area contributed by atoms with Gasteiger partial charge in [-0.2, -0.15) is 5.10 Å². The quantitative estimate of drug-likeness (QED) is 0.238. The van der Waals surface area contributed by atoms with Crippen LogP contribution in [0.4, 0.5) is 4.39 Å². The second-order valence-corrected chi connectivity index (χ2v) is 10.4. The van der Waals surface area contributed by atoms with E-state index in [1.54, 1.807) is 30.7 Å². The van der Waals surface area contributed by atoms with Crippen LogP contribution in [0.25, 0.3) is 26.7 Å². The van der Waals surface area contributed by atoms with Gasteiger partial charge in [0.1, 0.15) is 12.2 Å². The zero-order valence-electron chi connectivity index (χ0n) is 19.8. The topological polar surface area (TPSA) is 47.3 Å². The monoisotopic (exact) mass is 518 g/mol. The van der Waals surface area contributed by atoms with Gasteiger partial charge in [-0.15, -0.1) is 11.3 Å². The molecule has 5 aromatic rings. The molecule has 0 aliphatic heterocycles. The highest BCUT2D eigenvalue weighted by Gasteiger charge is 2.24. The first-order valence-corrected chi connectivity index (χ1v) is 12.6. The van der Waals surface area contributed by atoms with Crippen molar-refractivity contribution in [3.8, 4) is 32.4 Å². The molecule has 0 radical (unpaired) electrons. The van der Waals surface area contributed by atoms with Crippen molar-refractivity contribution in [3.63, 3.8) is 0 Å². The van der Waals surface area contributed by atoms with E-state index in [0.29, 0.717) is 23.0 Å². The fourth-order valence-corrected chi connectivity index (χ4v) is 5.02. The Bertz CT molecular complexity index is 1510. The van der Waals surface area contributed by atoms with E-state index in [2.05, 4.69) is 5.10 Å². The fraction of sp³-hybridized carbons (Fsp3) is 0.138. The van der Waals surface area contributed by atoms with Crippen LogP contribution in [0.1, 0.15) is 25.1 Å². The minimum atomic E-state index is -1.12. The Morgan fingerprint density at radius 2 is 1.67 bits per heavy atom. The molecule has 0 amide bonds. The summed E-state index contributed by atoms with van der Waals surface area (Å²) in [5, 5.41) is 15.8. The number of halogens is 2. The van der Waals surface area contributed by atoms with Gasteiger partial charge in [0.15, 0.2) is 11.6 Å². The summed E-state index contributed by atoms with van der Waals surface area (Å²) in [6.07, 6.45) is 0. The molecule has 0 spiro atoms. The highest BCUT2D eigenvalue weighted by atomic mass is 35.5. The third-order valence-corrected chi connectivity index (χ3v) is 7.21. The molecule has 2 aromatic heterocycles. The Morgan fingerprint density at radius 3 is 2.39 bits per heavy atom. The number of aliphatic hydroxyl groups is 1. The first-order valence-electron chi connectivity index (χ1n) is 11.4. The SMILES string of the molecule is CC(C)(O)c1cc(-c2ccc(-c3ccc(OCc4ccccc4)c(F)c3)s2)n(-c2ccccc2Cl)n1. The summed E-state index contributed by atoms with van der Waals surface area (Å²) in [6.45, 7) is 3.69. The van der Waals surface area contributed by atoms with Gasteiger partial charge in [-0.3, -0.25) is 0 Å². The number of thiophene rings is 1. The molecule has 3 aromatic carbocycles. The van der Waals surface area contributed by atoms with Crippen molar-refractivity contribution in [2.45, 2.75) is 26.1 Å². The van der Waals surface area contributed by atoms with Gasteiger partial charge in [-0.1, -0.05) is 54.1 Å². The molecular formula is C29H24ClFN2O2S. The van der Waals surface area contributed by atoms with Crippen LogP contribution in [-0.2, 0) is 12.2 Å². The number of para-hydroxylation sites is 1. The van der Waals surface area contributed by atoms with E-state index >= 15 is 0 Å². The first kappa shape index (κ1) is 24.3. The number of nitrogens with zero attached hydrogens (tertiary/aromatic N) is 2. The molecule has 36 heavy (non-hydrogen) atoms. The lowest BCUT2D eigenvalue weighted by atomic mass is 10.1. The molecule has 0 fully saturated rings. The average molecular weight is 519 g/mol. The lowest BCUT2D eigenvalue weighted by Crippen LogP contribution is -2.16. The number of ether oxygens (including phenoxy) is 1. The number of rotatable bonds is 7. The van der Waals surface area contributed by atoms with Crippen LogP contribution >= 0.6 is 22.9 Å². The Hall–Kier alpha value is -3.45. The molecule has 0 aliphatic carbocycles. The van der Waals surface area contributed by atoms with Crippen molar-refractivity contribution >= 4 is 22.9 Å². The van der Waals surface area contributed by atoms with E-state index in [9.17, 15) is 9.50 Å². The predicted molar refractivity (Wildman–Crippen MR) is 143 cm³/mol. The summed E-state index contributed by atoms with van der Waals surface area (Å²) in [6, 6.07) is 27.9. The normalized spacial score (nSPS) is 11.6. The molecule has 0 atom stereocenters. The largest absolute Gasteiger partial charge is 0.486 e. The number of hydrogen-bond acceptors (Lipinski definition) is 4. The van der Waals surface area contributed by atoms with Gasteiger partial charge in [-0.05, 0) is 73.5 Å². The summed E-state index contributed by atoms with van der Waals surface area (Å²) in [7, 11) is 0. The van der Waals surface area contributed by atoms with Gasteiger partial charge < -0.3 is 9.84 Å². The molecule has 5 rings (SSSR count). The summed E-state index contributed by atoms with van der Waals surface area (Å²) >= 11 is 7.98. The number of benzene rings is 3. The van der Waals surface area contributed by atoms with E-state index < -0.39 is 11.4 Å². The first-order chi connectivity index (χ1) is 17.3. The Morgan fingerprint density at radius 1 is 0.944 bits per heavy atom. The zero-order valence-corrected chi connectivity index (χ0v) is 21.4. The van der Waals surface area contributed by atoms with Gasteiger partial charge in [0, 0.05) is 4.88 Å². The van der Waals surface area contributed by atoms with Crippen molar-refractivity contribution in [1.29, 1.82) is 0 Å². The molecule has 2 heterocycles. The van der Waals surface area contributed by atoms with Gasteiger partial charge >= 0.3 is 0 Å². The summed E-state index contributed by atoms with van der Waals surface area (Å²) < 4.78 is 22.3. The smallest absolute Gasteiger partial charge is 0.165 e. The Labute approximate surface area is 218 Å². The predicted octanol–water partition coefficient (Wildman–Crippen LogP) is 7.87. The van der Waals surface area contributed by atoms with Crippen molar-refractivity contribution in [1.82, 2.24) is 9.78 Å². The van der Waals surface area contributed by atoms with Gasteiger partial charge in [0.05, 0.1) is 27.0 Å². The van der Waals surface area contributed by atoms with Crippen LogP contribution in [0.2, 0.25) is 5.02 Å². The minimum Gasteiger partial charge on any atom is -0.486 e. The standard InChI is InChI=1S/C29H24ClFN2O2S/c1-29(2,34)28-17-24(33(32-28)23-11-7-6-10-21(23)30)27-15-14-26(36-27)20-12-13-25(22(31)16-20)35-18-19-8-4-3-5-9-19/h3-17,34H,18H2,1-2H3. The lowest BCUT2D eigenvalue weighted by Gasteiger charge is -2.13. The van der Waals surface area contributed by atoms with Crippen LogP contribution in [-0.4, -0.2) is 14.9 Å². The summed E-state index contributed by atoms with van der Waals surface area (Å²) in [5.41, 5.74) is 2.63. The van der Waals surface area contributed by atoms with Gasteiger partial charge in [0.2, 0.25) is 0 Å². The summed E-state index contributed by atoms with van der Waals surface area (Å²) in [4.78, 5) is 1.81. The van der Waals surface area contributed by atoms with Crippen LogP contribution < -0.4 is 4.74 Å². The van der Waals surface area contributed by atoms with Crippen molar-refractivity contribution in [2.75, 3.05) is 0 Å². The highest BCUT2D eigenvalue weighted by molar-refractivity contribution is 7.18. The molecular weight excluding hydrogens is 495 g/mol. The Balaban J connectivity index is 1.45. The van der Waals surface area contributed by atoms with Crippen molar-refractivity contribution in [3.05, 3.63) is 113 Å². The molecule has 7 heteroatoms. The molecule has 182 valence electrons. The highest BCUT2D eigenvalue weighted by Crippen LogP contribution is 2.38. The average Bonchev–Trinajstić information content (AvgIpc) is 3.52. The third kappa shape index (κ3) is 5.07. The minimum absolute atomic E-state index is 0.214. The van der Waals surface area contributed by atoms with E-state index in [1.807, 2.05) is 72.8 Å². The van der Waals surface area contributed by atoms with E-state index in [4.69, 9.17) is 16.3 Å². The molecule has 4 nitrogen and oxygen atoms in total. The number of aromatic nitrogens is 2. The van der Waals surface area contributed by atoms with Crippen LogP contribution in [0.5, 0.6) is 5.75 Å². The van der Waals surface area contributed by atoms with E-state index in [-0.39, 0.29) is 5.75 Å². The summed E-state index contributed by atoms with van der Waals surface area (Å²) in [5.74, 6) is -0.199. The molecule has 0 saturated heterocycles. The maximum Gasteiger partial charge on any atom is 0.165 e. The fourth-order valence-electron chi connectivity index (χ4n) is 3.80. The molecule has 0 bridgehead atoms.